The van der Waals surface area contributed by atoms with Crippen LogP contribution in [0.2, 0.25) is 0 Å². The summed E-state index contributed by atoms with van der Waals surface area (Å²) < 4.78 is 1.80. The molecule has 3 rings (SSSR count). The molecule has 1 unspecified atom stereocenters. The Hall–Kier alpha value is -2.10. The van der Waals surface area contributed by atoms with Crippen molar-refractivity contribution in [2.75, 3.05) is 6.54 Å². The van der Waals surface area contributed by atoms with Crippen molar-refractivity contribution in [1.82, 2.24) is 9.47 Å². The molecule has 1 aliphatic rings. The van der Waals surface area contributed by atoms with E-state index in [0.717, 1.165) is 36.0 Å². The van der Waals surface area contributed by atoms with Crippen LogP contribution in [0.1, 0.15) is 49.3 Å². The number of para-hydroxylation sites is 1. The standard InChI is InChI=1S/C17H20N2O2/c1-4-15-17-14(9-10-18(15)11(2)20)13-7-5-6-8-16(13)19(17)12(3)21/h5-8,15H,4,9-10H2,1-3H3. The Labute approximate surface area is 124 Å². The van der Waals surface area contributed by atoms with Gasteiger partial charge in [-0.25, -0.2) is 0 Å². The Morgan fingerprint density at radius 1 is 1.19 bits per heavy atom. The molecule has 0 fully saturated rings. The van der Waals surface area contributed by atoms with Gasteiger partial charge in [0, 0.05) is 25.8 Å². The van der Waals surface area contributed by atoms with Crippen LogP contribution in [0, 0.1) is 0 Å². The van der Waals surface area contributed by atoms with Gasteiger partial charge in [0.25, 0.3) is 0 Å². The van der Waals surface area contributed by atoms with E-state index in [2.05, 4.69) is 13.0 Å². The summed E-state index contributed by atoms with van der Waals surface area (Å²) in [6, 6.07) is 8.01. The predicted molar refractivity (Wildman–Crippen MR) is 82.4 cm³/mol. The summed E-state index contributed by atoms with van der Waals surface area (Å²) in [5, 5.41) is 1.14. The van der Waals surface area contributed by atoms with E-state index in [4.69, 9.17) is 0 Å². The minimum absolute atomic E-state index is 0.0105. The Kier molecular flexibility index (Phi) is 3.32. The highest BCUT2D eigenvalue weighted by atomic mass is 16.2. The molecule has 0 saturated heterocycles. The van der Waals surface area contributed by atoms with Gasteiger partial charge in [-0.05, 0) is 24.5 Å². The van der Waals surface area contributed by atoms with Gasteiger partial charge in [-0.3, -0.25) is 14.2 Å². The number of hydrogen-bond donors (Lipinski definition) is 0. The molecule has 4 heteroatoms. The third-order valence-corrected chi connectivity index (χ3v) is 4.42. The number of benzene rings is 1. The zero-order valence-electron chi connectivity index (χ0n) is 12.7. The first kappa shape index (κ1) is 13.9. The highest BCUT2D eigenvalue weighted by Gasteiger charge is 2.33. The van der Waals surface area contributed by atoms with Crippen LogP contribution in [0.25, 0.3) is 10.9 Å². The molecule has 0 bridgehead atoms. The Morgan fingerprint density at radius 3 is 2.52 bits per heavy atom. The monoisotopic (exact) mass is 284 g/mol. The van der Waals surface area contributed by atoms with Crippen molar-refractivity contribution in [3.8, 4) is 0 Å². The first-order valence-corrected chi connectivity index (χ1v) is 7.46. The van der Waals surface area contributed by atoms with E-state index in [1.165, 1.54) is 5.56 Å². The summed E-state index contributed by atoms with van der Waals surface area (Å²) in [6.45, 7) is 5.99. The van der Waals surface area contributed by atoms with Crippen LogP contribution in [0.15, 0.2) is 24.3 Å². The maximum absolute atomic E-state index is 12.2. The summed E-state index contributed by atoms with van der Waals surface area (Å²) in [5.74, 6) is 0.0872. The molecule has 21 heavy (non-hydrogen) atoms. The second-order valence-electron chi connectivity index (χ2n) is 5.62. The fourth-order valence-electron chi connectivity index (χ4n) is 3.60. The smallest absolute Gasteiger partial charge is 0.228 e. The van der Waals surface area contributed by atoms with Gasteiger partial charge in [-0.15, -0.1) is 0 Å². The number of carbonyl (C=O) groups is 2. The average Bonchev–Trinajstić information content (AvgIpc) is 2.80. The van der Waals surface area contributed by atoms with Gasteiger partial charge < -0.3 is 4.90 Å². The van der Waals surface area contributed by atoms with Crippen LogP contribution >= 0.6 is 0 Å². The molecule has 0 radical (unpaired) electrons. The number of fused-ring (bicyclic) bond motifs is 3. The lowest BCUT2D eigenvalue weighted by Gasteiger charge is -2.35. The highest BCUT2D eigenvalue weighted by molar-refractivity contribution is 5.96. The van der Waals surface area contributed by atoms with Crippen molar-refractivity contribution >= 4 is 22.7 Å². The van der Waals surface area contributed by atoms with Crippen LogP contribution < -0.4 is 0 Å². The highest BCUT2D eigenvalue weighted by Crippen LogP contribution is 2.38. The van der Waals surface area contributed by atoms with E-state index in [0.29, 0.717) is 0 Å². The van der Waals surface area contributed by atoms with Crippen LogP contribution in [0.4, 0.5) is 0 Å². The largest absolute Gasteiger partial charge is 0.334 e. The van der Waals surface area contributed by atoms with Gasteiger partial charge in [-0.1, -0.05) is 25.1 Å². The van der Waals surface area contributed by atoms with Crippen molar-refractivity contribution in [3.05, 3.63) is 35.5 Å². The molecule has 0 N–H and O–H groups in total. The van der Waals surface area contributed by atoms with Crippen LogP contribution in [0.5, 0.6) is 0 Å². The molecule has 4 nitrogen and oxygen atoms in total. The number of rotatable bonds is 1. The summed E-state index contributed by atoms with van der Waals surface area (Å²) in [6.07, 6.45) is 1.63. The first-order chi connectivity index (χ1) is 10.1. The van der Waals surface area contributed by atoms with Gasteiger partial charge in [0.15, 0.2) is 0 Å². The van der Waals surface area contributed by atoms with Gasteiger partial charge in [0.1, 0.15) is 0 Å². The van der Waals surface area contributed by atoms with Gasteiger partial charge in [0.2, 0.25) is 11.8 Å². The second kappa shape index (κ2) is 5.02. The fraction of sp³-hybridized carbons (Fsp3) is 0.412. The number of amides is 1. The minimum Gasteiger partial charge on any atom is -0.334 e. The molecular formula is C17H20N2O2. The van der Waals surface area contributed by atoms with Crippen molar-refractivity contribution in [2.45, 2.75) is 39.7 Å². The molecule has 0 aliphatic carbocycles. The van der Waals surface area contributed by atoms with Gasteiger partial charge >= 0.3 is 0 Å². The fourth-order valence-corrected chi connectivity index (χ4v) is 3.60. The van der Waals surface area contributed by atoms with Crippen LogP contribution in [-0.4, -0.2) is 27.8 Å². The van der Waals surface area contributed by atoms with E-state index in [1.807, 2.05) is 23.1 Å². The second-order valence-corrected chi connectivity index (χ2v) is 5.62. The van der Waals surface area contributed by atoms with E-state index in [1.54, 1.807) is 18.4 Å². The van der Waals surface area contributed by atoms with E-state index < -0.39 is 0 Å². The molecule has 2 aromatic rings. The Morgan fingerprint density at radius 2 is 1.90 bits per heavy atom. The summed E-state index contributed by atoms with van der Waals surface area (Å²) in [7, 11) is 0. The molecule has 1 atom stereocenters. The first-order valence-electron chi connectivity index (χ1n) is 7.46. The summed E-state index contributed by atoms with van der Waals surface area (Å²) >= 11 is 0. The predicted octanol–water partition coefficient (Wildman–Crippen LogP) is 3.16. The van der Waals surface area contributed by atoms with Crippen molar-refractivity contribution in [2.24, 2.45) is 0 Å². The number of aromatic nitrogens is 1. The molecule has 2 heterocycles. The van der Waals surface area contributed by atoms with E-state index in [-0.39, 0.29) is 17.9 Å². The van der Waals surface area contributed by atoms with Crippen molar-refractivity contribution in [1.29, 1.82) is 0 Å². The van der Waals surface area contributed by atoms with Gasteiger partial charge in [-0.2, -0.15) is 0 Å². The third-order valence-electron chi connectivity index (χ3n) is 4.42. The number of nitrogens with zero attached hydrogens (tertiary/aromatic N) is 2. The normalized spacial score (nSPS) is 17.9. The van der Waals surface area contributed by atoms with Crippen molar-refractivity contribution < 1.29 is 9.59 Å². The summed E-state index contributed by atoms with van der Waals surface area (Å²) in [5.41, 5.74) is 3.19. The zero-order chi connectivity index (χ0) is 15.1. The lowest BCUT2D eigenvalue weighted by atomic mass is 9.95. The minimum atomic E-state index is -0.0115. The Balaban J connectivity index is 2.33. The lowest BCUT2D eigenvalue weighted by Crippen LogP contribution is -2.39. The zero-order valence-corrected chi connectivity index (χ0v) is 12.7. The summed E-state index contributed by atoms with van der Waals surface area (Å²) in [4.78, 5) is 26.0. The van der Waals surface area contributed by atoms with Crippen molar-refractivity contribution in [3.63, 3.8) is 0 Å². The molecule has 1 aromatic carbocycles. The SMILES string of the molecule is CCC1c2c(c3ccccc3n2C(C)=O)CCN1C(C)=O. The maximum Gasteiger partial charge on any atom is 0.228 e. The third kappa shape index (κ3) is 1.97. The molecular weight excluding hydrogens is 264 g/mol. The molecule has 0 saturated carbocycles. The quantitative estimate of drug-likeness (QED) is 0.807. The van der Waals surface area contributed by atoms with E-state index in [9.17, 15) is 9.59 Å². The molecule has 1 aromatic heterocycles. The topological polar surface area (TPSA) is 42.3 Å². The molecule has 1 aliphatic heterocycles. The molecule has 0 spiro atoms. The number of carbonyl (C=O) groups excluding carboxylic acids is 2. The Bertz CT molecular complexity index is 730. The maximum atomic E-state index is 12.2. The molecule has 1 amide bonds. The van der Waals surface area contributed by atoms with Crippen LogP contribution in [0.3, 0.4) is 0 Å². The molecule has 110 valence electrons. The van der Waals surface area contributed by atoms with Gasteiger partial charge in [0.05, 0.1) is 17.3 Å². The lowest BCUT2D eigenvalue weighted by molar-refractivity contribution is -0.131. The number of hydrogen-bond acceptors (Lipinski definition) is 2. The van der Waals surface area contributed by atoms with E-state index >= 15 is 0 Å². The van der Waals surface area contributed by atoms with Crippen LogP contribution in [-0.2, 0) is 11.2 Å². The average molecular weight is 284 g/mol.